The summed E-state index contributed by atoms with van der Waals surface area (Å²) in [6, 6.07) is 16.3. The SMILES string of the molecule is CC(N)C(c1cccs1)N(Cc1ccccc1)C1CC1. The number of nitrogens with zero attached hydrogens (tertiary/aromatic N) is 1. The number of hydrogen-bond donors (Lipinski definition) is 1. The Morgan fingerprint density at radius 3 is 2.50 bits per heavy atom. The minimum atomic E-state index is 0.151. The van der Waals surface area contributed by atoms with Gasteiger partial charge in [0.1, 0.15) is 0 Å². The third-order valence-corrected chi connectivity index (χ3v) is 4.86. The van der Waals surface area contributed by atoms with Crippen molar-refractivity contribution in [3.05, 3.63) is 58.3 Å². The van der Waals surface area contributed by atoms with Crippen molar-refractivity contribution in [2.24, 2.45) is 5.73 Å². The van der Waals surface area contributed by atoms with Crippen molar-refractivity contribution < 1.29 is 0 Å². The smallest absolute Gasteiger partial charge is 0.0596 e. The van der Waals surface area contributed by atoms with E-state index in [4.69, 9.17) is 5.73 Å². The average Bonchev–Trinajstić information content (AvgIpc) is 3.16. The Morgan fingerprint density at radius 2 is 1.95 bits per heavy atom. The average molecular weight is 286 g/mol. The van der Waals surface area contributed by atoms with Gasteiger partial charge in [-0.05, 0) is 36.8 Å². The summed E-state index contributed by atoms with van der Waals surface area (Å²) in [4.78, 5) is 3.99. The third-order valence-electron chi connectivity index (χ3n) is 3.91. The first-order valence-electron chi connectivity index (χ1n) is 7.34. The summed E-state index contributed by atoms with van der Waals surface area (Å²) in [5.74, 6) is 0. The number of hydrogen-bond acceptors (Lipinski definition) is 3. The Kier molecular flexibility index (Phi) is 4.20. The summed E-state index contributed by atoms with van der Waals surface area (Å²) < 4.78 is 0. The monoisotopic (exact) mass is 286 g/mol. The molecular formula is C17H22N2S. The molecule has 1 heterocycles. The van der Waals surface area contributed by atoms with Crippen LogP contribution in [0.15, 0.2) is 47.8 Å². The van der Waals surface area contributed by atoms with Crippen LogP contribution in [0.25, 0.3) is 0 Å². The quantitative estimate of drug-likeness (QED) is 0.875. The van der Waals surface area contributed by atoms with Crippen LogP contribution in [0.5, 0.6) is 0 Å². The fourth-order valence-corrected chi connectivity index (χ4v) is 3.80. The molecule has 1 saturated carbocycles. The standard InChI is InChI=1S/C17H22N2S/c1-13(18)17(16-8-5-11-20-16)19(15-9-10-15)12-14-6-3-2-4-7-14/h2-8,11,13,15,17H,9-10,12,18H2,1H3. The maximum Gasteiger partial charge on any atom is 0.0596 e. The lowest BCUT2D eigenvalue weighted by Gasteiger charge is -2.34. The summed E-state index contributed by atoms with van der Waals surface area (Å²) in [7, 11) is 0. The highest BCUT2D eigenvalue weighted by Crippen LogP contribution is 2.38. The molecule has 20 heavy (non-hydrogen) atoms. The van der Waals surface area contributed by atoms with E-state index in [0.717, 1.165) is 6.54 Å². The molecule has 1 aliphatic rings. The molecule has 2 aromatic rings. The highest BCUT2D eigenvalue weighted by Gasteiger charge is 2.36. The number of benzene rings is 1. The van der Waals surface area contributed by atoms with Gasteiger partial charge < -0.3 is 5.73 Å². The second-order valence-electron chi connectivity index (χ2n) is 5.71. The van der Waals surface area contributed by atoms with Gasteiger partial charge >= 0.3 is 0 Å². The molecule has 2 N–H and O–H groups in total. The van der Waals surface area contributed by atoms with E-state index < -0.39 is 0 Å². The van der Waals surface area contributed by atoms with Crippen molar-refractivity contribution in [3.63, 3.8) is 0 Å². The minimum absolute atomic E-state index is 0.151. The molecule has 3 heteroatoms. The van der Waals surface area contributed by atoms with Crippen molar-refractivity contribution >= 4 is 11.3 Å². The zero-order chi connectivity index (χ0) is 13.9. The van der Waals surface area contributed by atoms with Gasteiger partial charge in [-0.3, -0.25) is 4.90 Å². The molecule has 0 saturated heterocycles. The van der Waals surface area contributed by atoms with E-state index in [9.17, 15) is 0 Å². The molecule has 1 aromatic carbocycles. The van der Waals surface area contributed by atoms with Crippen molar-refractivity contribution in [1.29, 1.82) is 0 Å². The largest absolute Gasteiger partial charge is 0.326 e. The lowest BCUT2D eigenvalue weighted by molar-refractivity contribution is 0.160. The molecule has 3 rings (SSSR count). The molecule has 1 aromatic heterocycles. The van der Waals surface area contributed by atoms with Crippen molar-refractivity contribution in [2.45, 2.75) is 44.4 Å². The summed E-state index contributed by atoms with van der Waals surface area (Å²) in [6.45, 7) is 3.13. The second-order valence-corrected chi connectivity index (χ2v) is 6.69. The molecule has 2 nitrogen and oxygen atoms in total. The third kappa shape index (κ3) is 3.11. The summed E-state index contributed by atoms with van der Waals surface area (Å²) >= 11 is 1.82. The van der Waals surface area contributed by atoms with Gasteiger partial charge in [-0.2, -0.15) is 0 Å². The molecule has 0 aliphatic heterocycles. The highest BCUT2D eigenvalue weighted by molar-refractivity contribution is 7.10. The summed E-state index contributed by atoms with van der Waals surface area (Å²) in [5.41, 5.74) is 7.69. The van der Waals surface area contributed by atoms with Crippen LogP contribution < -0.4 is 5.73 Å². The van der Waals surface area contributed by atoms with Crippen molar-refractivity contribution in [1.82, 2.24) is 4.90 Å². The molecule has 1 fully saturated rings. The van der Waals surface area contributed by atoms with Gasteiger partial charge in [-0.25, -0.2) is 0 Å². The van der Waals surface area contributed by atoms with Crippen LogP contribution in [0.4, 0.5) is 0 Å². The van der Waals surface area contributed by atoms with Crippen LogP contribution in [0.3, 0.4) is 0 Å². The first kappa shape index (κ1) is 13.8. The summed E-state index contributed by atoms with van der Waals surface area (Å²) in [5, 5.41) is 2.15. The molecule has 1 aliphatic carbocycles. The van der Waals surface area contributed by atoms with E-state index in [-0.39, 0.29) is 6.04 Å². The number of thiophene rings is 1. The van der Waals surface area contributed by atoms with Gasteiger partial charge in [0, 0.05) is 23.5 Å². The molecular weight excluding hydrogens is 264 g/mol. The van der Waals surface area contributed by atoms with E-state index in [1.807, 2.05) is 11.3 Å². The van der Waals surface area contributed by atoms with Crippen LogP contribution in [0.2, 0.25) is 0 Å². The highest BCUT2D eigenvalue weighted by atomic mass is 32.1. The lowest BCUT2D eigenvalue weighted by Crippen LogP contribution is -2.40. The van der Waals surface area contributed by atoms with E-state index in [1.165, 1.54) is 23.3 Å². The number of nitrogens with two attached hydrogens (primary N) is 1. The van der Waals surface area contributed by atoms with Gasteiger partial charge in [0.15, 0.2) is 0 Å². The first-order chi connectivity index (χ1) is 9.75. The van der Waals surface area contributed by atoms with Gasteiger partial charge in [-0.15, -0.1) is 11.3 Å². The van der Waals surface area contributed by atoms with Crippen LogP contribution in [0, 0.1) is 0 Å². The maximum atomic E-state index is 6.31. The van der Waals surface area contributed by atoms with Crippen molar-refractivity contribution in [3.8, 4) is 0 Å². The normalized spacial score (nSPS) is 18.1. The molecule has 0 amide bonds. The lowest BCUT2D eigenvalue weighted by atomic mass is 10.1. The fraction of sp³-hybridized carbons (Fsp3) is 0.412. The Balaban J connectivity index is 1.85. The molecule has 2 unspecified atom stereocenters. The van der Waals surface area contributed by atoms with Crippen LogP contribution >= 0.6 is 11.3 Å². The maximum absolute atomic E-state index is 6.31. The fourth-order valence-electron chi connectivity index (χ4n) is 2.84. The zero-order valence-electron chi connectivity index (χ0n) is 11.9. The van der Waals surface area contributed by atoms with Gasteiger partial charge in [0.25, 0.3) is 0 Å². The number of rotatable bonds is 6. The summed E-state index contributed by atoms with van der Waals surface area (Å²) in [6.07, 6.45) is 2.61. The Bertz CT molecular complexity index is 517. The molecule has 0 bridgehead atoms. The van der Waals surface area contributed by atoms with E-state index in [1.54, 1.807) is 0 Å². The molecule has 0 spiro atoms. The Hall–Kier alpha value is -1.16. The van der Waals surface area contributed by atoms with Crippen LogP contribution in [-0.4, -0.2) is 17.0 Å². The van der Waals surface area contributed by atoms with E-state index in [2.05, 4.69) is 59.7 Å². The second kappa shape index (κ2) is 6.08. The Morgan fingerprint density at radius 1 is 1.20 bits per heavy atom. The minimum Gasteiger partial charge on any atom is -0.326 e. The van der Waals surface area contributed by atoms with Crippen LogP contribution in [-0.2, 0) is 6.54 Å². The van der Waals surface area contributed by atoms with Gasteiger partial charge in [0.2, 0.25) is 0 Å². The predicted octanol–water partition coefficient (Wildman–Crippen LogP) is 3.80. The molecule has 106 valence electrons. The molecule has 0 radical (unpaired) electrons. The van der Waals surface area contributed by atoms with Gasteiger partial charge in [-0.1, -0.05) is 36.4 Å². The Labute approximate surface area is 125 Å². The zero-order valence-corrected chi connectivity index (χ0v) is 12.7. The molecule has 2 atom stereocenters. The predicted molar refractivity (Wildman–Crippen MR) is 85.7 cm³/mol. The van der Waals surface area contributed by atoms with Gasteiger partial charge in [0.05, 0.1) is 6.04 Å². The van der Waals surface area contributed by atoms with E-state index >= 15 is 0 Å². The van der Waals surface area contributed by atoms with Crippen molar-refractivity contribution in [2.75, 3.05) is 0 Å². The van der Waals surface area contributed by atoms with E-state index in [0.29, 0.717) is 12.1 Å². The first-order valence-corrected chi connectivity index (χ1v) is 8.22. The van der Waals surface area contributed by atoms with Crippen LogP contribution in [0.1, 0.15) is 36.2 Å². The topological polar surface area (TPSA) is 29.3 Å².